The van der Waals surface area contributed by atoms with Gasteiger partial charge in [-0.25, -0.2) is 4.98 Å². The minimum Gasteiger partial charge on any atom is -0.331 e. The molecule has 2 N–H and O–H groups in total. The number of benzene rings is 1. The van der Waals surface area contributed by atoms with Crippen LogP contribution in [-0.2, 0) is 10.2 Å². The fourth-order valence-electron chi connectivity index (χ4n) is 2.50. The normalized spacial score (nSPS) is 16.9. The zero-order valence-corrected chi connectivity index (χ0v) is 10.0. The number of nitrogens with zero attached hydrogens (tertiary/aromatic N) is 1. The van der Waals surface area contributed by atoms with Crippen LogP contribution in [0.5, 0.6) is 0 Å². The van der Waals surface area contributed by atoms with Crippen LogP contribution in [0, 0.1) is 0 Å². The lowest BCUT2D eigenvalue weighted by atomic mass is 9.64. The summed E-state index contributed by atoms with van der Waals surface area (Å²) in [7, 11) is 0. The molecule has 1 aromatic carbocycles. The van der Waals surface area contributed by atoms with Gasteiger partial charge in [-0.05, 0) is 18.4 Å². The number of aromatic amines is 1. The second-order valence-electron chi connectivity index (χ2n) is 4.69. The summed E-state index contributed by atoms with van der Waals surface area (Å²) in [6.07, 6.45) is 6.24. The Morgan fingerprint density at radius 3 is 2.61 bits per heavy atom. The summed E-state index contributed by atoms with van der Waals surface area (Å²) < 4.78 is 0. The monoisotopic (exact) mass is 241 g/mol. The van der Waals surface area contributed by atoms with Gasteiger partial charge in [-0.3, -0.25) is 10.1 Å². The lowest BCUT2D eigenvalue weighted by Crippen LogP contribution is -2.46. The van der Waals surface area contributed by atoms with Crippen molar-refractivity contribution in [2.24, 2.45) is 0 Å². The minimum atomic E-state index is -0.367. The van der Waals surface area contributed by atoms with Crippen molar-refractivity contribution in [3.63, 3.8) is 0 Å². The fraction of sp³-hybridized carbons (Fsp3) is 0.286. The standard InChI is InChI=1S/C14H15N3O/c18-12(17-13-15-9-10-16-13)14(7-4-8-14)11-5-2-1-3-6-11/h1-3,5-6,9-10H,4,7-8H2,(H2,15,16,17,18). The van der Waals surface area contributed by atoms with Gasteiger partial charge in [-0.15, -0.1) is 0 Å². The van der Waals surface area contributed by atoms with Gasteiger partial charge in [0.05, 0.1) is 5.41 Å². The van der Waals surface area contributed by atoms with E-state index in [1.165, 1.54) is 0 Å². The largest absolute Gasteiger partial charge is 0.331 e. The molecule has 2 aromatic rings. The van der Waals surface area contributed by atoms with Crippen molar-refractivity contribution in [1.82, 2.24) is 9.97 Å². The molecular formula is C14H15N3O. The molecule has 92 valence electrons. The van der Waals surface area contributed by atoms with Gasteiger partial charge >= 0.3 is 0 Å². The number of imidazole rings is 1. The van der Waals surface area contributed by atoms with Gasteiger partial charge in [-0.2, -0.15) is 0 Å². The molecule has 1 aromatic heterocycles. The molecule has 1 saturated carbocycles. The Labute approximate surface area is 105 Å². The Hall–Kier alpha value is -2.10. The molecule has 4 nitrogen and oxygen atoms in total. The van der Waals surface area contributed by atoms with Crippen LogP contribution in [-0.4, -0.2) is 15.9 Å². The fourth-order valence-corrected chi connectivity index (χ4v) is 2.50. The molecule has 0 radical (unpaired) electrons. The molecule has 0 spiro atoms. The third kappa shape index (κ3) is 1.70. The number of anilines is 1. The van der Waals surface area contributed by atoms with E-state index in [9.17, 15) is 4.79 Å². The molecule has 1 fully saturated rings. The Morgan fingerprint density at radius 1 is 1.28 bits per heavy atom. The smallest absolute Gasteiger partial charge is 0.237 e. The summed E-state index contributed by atoms with van der Waals surface area (Å²) in [6.45, 7) is 0. The molecule has 18 heavy (non-hydrogen) atoms. The minimum absolute atomic E-state index is 0.0369. The van der Waals surface area contributed by atoms with Crippen molar-refractivity contribution in [2.45, 2.75) is 24.7 Å². The molecule has 0 unspecified atom stereocenters. The van der Waals surface area contributed by atoms with E-state index in [0.29, 0.717) is 5.95 Å². The van der Waals surface area contributed by atoms with E-state index in [2.05, 4.69) is 15.3 Å². The second kappa shape index (κ2) is 4.29. The first-order valence-electron chi connectivity index (χ1n) is 6.18. The quantitative estimate of drug-likeness (QED) is 0.867. The maximum absolute atomic E-state index is 12.4. The Kier molecular flexibility index (Phi) is 2.63. The summed E-state index contributed by atoms with van der Waals surface area (Å²) in [5, 5.41) is 2.86. The average Bonchev–Trinajstić information content (AvgIpc) is 2.82. The van der Waals surface area contributed by atoms with Crippen LogP contribution in [0.2, 0.25) is 0 Å². The highest BCUT2D eigenvalue weighted by atomic mass is 16.2. The second-order valence-corrected chi connectivity index (χ2v) is 4.69. The molecule has 0 saturated heterocycles. The van der Waals surface area contributed by atoms with Crippen molar-refractivity contribution >= 4 is 11.9 Å². The average molecular weight is 241 g/mol. The highest BCUT2D eigenvalue weighted by Gasteiger charge is 2.45. The number of amides is 1. The summed E-state index contributed by atoms with van der Waals surface area (Å²) >= 11 is 0. The number of rotatable bonds is 3. The first-order chi connectivity index (χ1) is 8.81. The predicted molar refractivity (Wildman–Crippen MR) is 69.2 cm³/mol. The molecule has 3 rings (SSSR count). The van der Waals surface area contributed by atoms with Crippen LogP contribution in [0.15, 0.2) is 42.7 Å². The van der Waals surface area contributed by atoms with Gasteiger partial charge in [0.1, 0.15) is 0 Å². The van der Waals surface area contributed by atoms with Crippen molar-refractivity contribution in [2.75, 3.05) is 5.32 Å². The van der Waals surface area contributed by atoms with Crippen LogP contribution in [0.3, 0.4) is 0 Å². The summed E-state index contributed by atoms with van der Waals surface area (Å²) in [4.78, 5) is 19.4. The van der Waals surface area contributed by atoms with Crippen LogP contribution >= 0.6 is 0 Å². The Balaban J connectivity index is 1.86. The summed E-state index contributed by atoms with van der Waals surface area (Å²) in [5.74, 6) is 0.553. The van der Waals surface area contributed by atoms with Gasteiger partial charge in [0.25, 0.3) is 0 Å². The van der Waals surface area contributed by atoms with Crippen LogP contribution in [0.4, 0.5) is 5.95 Å². The van der Waals surface area contributed by atoms with Crippen molar-refractivity contribution < 1.29 is 4.79 Å². The molecule has 1 amide bonds. The lowest BCUT2D eigenvalue weighted by Gasteiger charge is -2.40. The van der Waals surface area contributed by atoms with E-state index in [1.807, 2.05) is 30.3 Å². The third-order valence-electron chi connectivity index (χ3n) is 3.70. The number of nitrogens with one attached hydrogen (secondary N) is 2. The Morgan fingerprint density at radius 2 is 2.06 bits per heavy atom. The van der Waals surface area contributed by atoms with Crippen molar-refractivity contribution in [3.05, 3.63) is 48.3 Å². The van der Waals surface area contributed by atoms with Gasteiger partial charge in [0, 0.05) is 12.4 Å². The van der Waals surface area contributed by atoms with E-state index >= 15 is 0 Å². The van der Waals surface area contributed by atoms with Crippen LogP contribution in [0.25, 0.3) is 0 Å². The van der Waals surface area contributed by atoms with Crippen LogP contribution in [0.1, 0.15) is 24.8 Å². The van der Waals surface area contributed by atoms with E-state index in [0.717, 1.165) is 24.8 Å². The van der Waals surface area contributed by atoms with Gasteiger partial charge < -0.3 is 4.98 Å². The zero-order valence-electron chi connectivity index (χ0n) is 10.0. The zero-order chi connectivity index (χ0) is 12.4. The topological polar surface area (TPSA) is 57.8 Å². The van der Waals surface area contributed by atoms with Gasteiger partial charge in [0.2, 0.25) is 11.9 Å². The van der Waals surface area contributed by atoms with E-state index in [4.69, 9.17) is 0 Å². The number of H-pyrrole nitrogens is 1. The van der Waals surface area contributed by atoms with E-state index in [1.54, 1.807) is 12.4 Å². The first-order valence-corrected chi connectivity index (χ1v) is 6.18. The number of carbonyl (C=O) groups is 1. The maximum atomic E-state index is 12.4. The van der Waals surface area contributed by atoms with Crippen molar-refractivity contribution in [3.8, 4) is 0 Å². The molecule has 0 bridgehead atoms. The molecule has 0 aliphatic heterocycles. The number of aromatic nitrogens is 2. The summed E-state index contributed by atoms with van der Waals surface area (Å²) in [6, 6.07) is 9.99. The molecule has 1 heterocycles. The molecule has 1 aliphatic carbocycles. The highest BCUT2D eigenvalue weighted by Crippen LogP contribution is 2.44. The lowest BCUT2D eigenvalue weighted by molar-refractivity contribution is -0.124. The summed E-state index contributed by atoms with van der Waals surface area (Å²) in [5.41, 5.74) is 0.730. The number of hydrogen-bond acceptors (Lipinski definition) is 2. The van der Waals surface area contributed by atoms with Gasteiger partial charge in [-0.1, -0.05) is 36.8 Å². The number of carbonyl (C=O) groups excluding carboxylic acids is 1. The Bertz CT molecular complexity index is 529. The van der Waals surface area contributed by atoms with Crippen LogP contribution < -0.4 is 5.32 Å². The van der Waals surface area contributed by atoms with Gasteiger partial charge in [0.15, 0.2) is 0 Å². The third-order valence-corrected chi connectivity index (χ3v) is 3.70. The maximum Gasteiger partial charge on any atom is 0.237 e. The molecular weight excluding hydrogens is 226 g/mol. The van der Waals surface area contributed by atoms with E-state index < -0.39 is 0 Å². The molecule has 1 aliphatic rings. The number of hydrogen-bond donors (Lipinski definition) is 2. The van der Waals surface area contributed by atoms with Crippen molar-refractivity contribution in [1.29, 1.82) is 0 Å². The first kappa shape index (κ1) is 11.0. The predicted octanol–water partition coefficient (Wildman–Crippen LogP) is 2.47. The van der Waals surface area contributed by atoms with E-state index in [-0.39, 0.29) is 11.3 Å². The molecule has 0 atom stereocenters. The highest BCUT2D eigenvalue weighted by molar-refractivity contribution is 5.98. The molecule has 4 heteroatoms. The SMILES string of the molecule is O=C(Nc1ncc[nH]1)C1(c2ccccc2)CCC1.